The van der Waals surface area contributed by atoms with Gasteiger partial charge in [-0.1, -0.05) is 53.3 Å². The Balaban J connectivity index is 1.97. The second-order valence-corrected chi connectivity index (χ2v) is 7.25. The molecular formula is C18H17NO4S2. The lowest BCUT2D eigenvalue weighted by atomic mass is 9.80. The Morgan fingerprint density at radius 2 is 1.68 bits per heavy atom. The number of ether oxygens (including phenoxy) is 1. The number of benzene rings is 2. The van der Waals surface area contributed by atoms with E-state index in [2.05, 4.69) is 11.7 Å². The molecule has 1 saturated heterocycles. The number of aliphatic hydroxyl groups is 3. The molecule has 0 spiro atoms. The fraction of sp³-hybridized carbons (Fsp3) is 0.278. The van der Waals surface area contributed by atoms with Crippen LogP contribution in [0.1, 0.15) is 16.7 Å². The molecule has 0 aliphatic carbocycles. The molecule has 4 atom stereocenters. The van der Waals surface area contributed by atoms with E-state index in [1.807, 2.05) is 12.1 Å². The van der Waals surface area contributed by atoms with Crippen molar-refractivity contribution in [3.8, 4) is 6.07 Å². The van der Waals surface area contributed by atoms with Crippen LogP contribution >= 0.6 is 22.5 Å². The summed E-state index contributed by atoms with van der Waals surface area (Å²) >= 11 is 4.23. The Morgan fingerprint density at radius 3 is 2.24 bits per heavy atom. The molecule has 3 rings (SSSR count). The molecular weight excluding hydrogens is 358 g/mol. The highest BCUT2D eigenvalue weighted by molar-refractivity contribution is 8.68. The molecule has 25 heavy (non-hydrogen) atoms. The molecule has 0 aromatic heterocycles. The molecule has 2 aromatic carbocycles. The van der Waals surface area contributed by atoms with Gasteiger partial charge in [0.2, 0.25) is 0 Å². The maximum Gasteiger partial charge on any atom is 0.177 e. The van der Waals surface area contributed by atoms with Gasteiger partial charge in [-0.05, 0) is 23.3 Å². The number of nitrogens with zero attached hydrogens (tertiary/aromatic N) is 1. The summed E-state index contributed by atoms with van der Waals surface area (Å²) in [6.07, 6.45) is -2.93. The summed E-state index contributed by atoms with van der Waals surface area (Å²) in [5.41, 5.74) is -0.356. The zero-order chi connectivity index (χ0) is 18.1. The van der Waals surface area contributed by atoms with E-state index in [1.165, 1.54) is 0 Å². The number of rotatable bonds is 3. The molecule has 1 aliphatic heterocycles. The minimum Gasteiger partial charge on any atom is -0.387 e. The molecule has 7 heteroatoms. The monoisotopic (exact) mass is 375 g/mol. The van der Waals surface area contributed by atoms with Crippen LogP contribution in [0.4, 0.5) is 0 Å². The minimum absolute atomic E-state index is 0.237. The van der Waals surface area contributed by atoms with Gasteiger partial charge in [-0.2, -0.15) is 5.26 Å². The molecule has 3 N–H and O–H groups in total. The van der Waals surface area contributed by atoms with Crippen molar-refractivity contribution in [2.24, 2.45) is 0 Å². The second kappa shape index (κ2) is 7.00. The Hall–Kier alpha value is -1.53. The molecule has 5 nitrogen and oxygen atoms in total. The Morgan fingerprint density at radius 1 is 1.04 bits per heavy atom. The van der Waals surface area contributed by atoms with Crippen molar-refractivity contribution in [2.45, 2.75) is 22.7 Å². The van der Waals surface area contributed by atoms with Crippen molar-refractivity contribution < 1.29 is 20.1 Å². The maximum absolute atomic E-state index is 11.0. The van der Waals surface area contributed by atoms with Crippen molar-refractivity contribution in [3.05, 3.63) is 71.3 Å². The Labute approximate surface area is 154 Å². The summed E-state index contributed by atoms with van der Waals surface area (Å²) in [6, 6.07) is 17.1. The van der Waals surface area contributed by atoms with E-state index in [4.69, 9.17) is 10.00 Å². The molecule has 0 bridgehead atoms. The average molecular weight is 375 g/mol. The Kier molecular flexibility index (Phi) is 5.11. The zero-order valence-corrected chi connectivity index (χ0v) is 14.8. The zero-order valence-electron chi connectivity index (χ0n) is 13.1. The SMILES string of the molecule is N#Cc1ccc([C@@]2(O)CO[C@](SS)(c3ccccc3)[C@H](O)[C@H]2O)cc1. The van der Waals surface area contributed by atoms with Gasteiger partial charge in [-0.3, -0.25) is 0 Å². The minimum atomic E-state index is -1.80. The van der Waals surface area contributed by atoms with Crippen molar-refractivity contribution in [2.75, 3.05) is 6.61 Å². The summed E-state index contributed by atoms with van der Waals surface area (Å²) in [7, 11) is 0.968. The van der Waals surface area contributed by atoms with E-state index in [9.17, 15) is 15.3 Å². The third kappa shape index (κ3) is 2.95. The molecule has 2 aromatic rings. The van der Waals surface area contributed by atoms with Crippen LogP contribution in [0.25, 0.3) is 0 Å². The van der Waals surface area contributed by atoms with Gasteiger partial charge in [0.05, 0.1) is 18.2 Å². The highest BCUT2D eigenvalue weighted by Crippen LogP contribution is 2.50. The van der Waals surface area contributed by atoms with Crippen LogP contribution in [-0.2, 0) is 15.3 Å². The van der Waals surface area contributed by atoms with Crippen LogP contribution in [0.15, 0.2) is 54.6 Å². The first-order valence-electron chi connectivity index (χ1n) is 7.59. The van der Waals surface area contributed by atoms with Gasteiger partial charge in [-0.25, -0.2) is 0 Å². The first kappa shape index (κ1) is 18.3. The van der Waals surface area contributed by atoms with Crippen molar-refractivity contribution in [3.63, 3.8) is 0 Å². The van der Waals surface area contributed by atoms with E-state index >= 15 is 0 Å². The fourth-order valence-electron chi connectivity index (χ4n) is 3.00. The van der Waals surface area contributed by atoms with Crippen LogP contribution in [-0.4, -0.2) is 34.1 Å². The number of nitriles is 1. The van der Waals surface area contributed by atoms with E-state index in [0.29, 0.717) is 16.7 Å². The third-order valence-corrected chi connectivity index (χ3v) is 6.19. The van der Waals surface area contributed by atoms with Gasteiger partial charge in [0.15, 0.2) is 4.93 Å². The fourth-order valence-corrected chi connectivity index (χ4v) is 4.39. The first-order chi connectivity index (χ1) is 12.0. The van der Waals surface area contributed by atoms with Gasteiger partial charge in [-0.15, -0.1) is 11.7 Å². The van der Waals surface area contributed by atoms with Crippen molar-refractivity contribution >= 4 is 22.5 Å². The lowest BCUT2D eigenvalue weighted by molar-refractivity contribution is -0.253. The normalized spacial score (nSPS) is 32.1. The van der Waals surface area contributed by atoms with E-state index in [1.54, 1.807) is 48.5 Å². The topological polar surface area (TPSA) is 93.7 Å². The summed E-state index contributed by atoms with van der Waals surface area (Å²) in [4.78, 5) is -1.30. The van der Waals surface area contributed by atoms with Crippen LogP contribution in [0, 0.1) is 11.3 Å². The molecule has 130 valence electrons. The van der Waals surface area contributed by atoms with Gasteiger partial charge in [0.1, 0.15) is 17.8 Å². The lowest BCUT2D eigenvalue weighted by Gasteiger charge is -2.49. The van der Waals surface area contributed by atoms with Crippen LogP contribution in [0.3, 0.4) is 0 Å². The predicted octanol–water partition coefficient (Wildman–Crippen LogP) is 1.93. The van der Waals surface area contributed by atoms with Gasteiger partial charge in [0, 0.05) is 0 Å². The predicted molar refractivity (Wildman–Crippen MR) is 97.7 cm³/mol. The summed E-state index contributed by atoms with van der Waals surface area (Å²) in [5.74, 6) is 0. The van der Waals surface area contributed by atoms with E-state index < -0.39 is 22.7 Å². The standard InChI is InChI=1S/C18H17NO4S2/c19-10-12-6-8-13(9-7-12)17(22)11-23-18(25-24,16(21)15(17)20)14-4-2-1-3-5-14/h1-9,15-16,20-22,24H,11H2/t15-,16-,17+,18+/m1/s1. The lowest BCUT2D eigenvalue weighted by Crippen LogP contribution is -2.62. The largest absolute Gasteiger partial charge is 0.387 e. The average Bonchev–Trinajstić information content (AvgIpc) is 2.68. The summed E-state index contributed by atoms with van der Waals surface area (Å²) in [5, 5.41) is 41.3. The highest BCUT2D eigenvalue weighted by Gasteiger charge is 2.57. The molecule has 1 heterocycles. The molecule has 1 aliphatic rings. The third-order valence-electron chi connectivity index (χ3n) is 4.51. The quantitative estimate of drug-likeness (QED) is 0.484. The number of aliphatic hydroxyl groups excluding tert-OH is 2. The van der Waals surface area contributed by atoms with Crippen molar-refractivity contribution in [1.82, 2.24) is 0 Å². The van der Waals surface area contributed by atoms with Crippen LogP contribution in [0.2, 0.25) is 0 Å². The van der Waals surface area contributed by atoms with E-state index in [0.717, 1.165) is 10.8 Å². The maximum atomic E-state index is 11.0. The molecule has 0 unspecified atom stereocenters. The first-order valence-corrected chi connectivity index (χ1v) is 9.46. The molecule has 0 saturated carbocycles. The van der Waals surface area contributed by atoms with Gasteiger partial charge in [0.25, 0.3) is 0 Å². The van der Waals surface area contributed by atoms with Gasteiger partial charge >= 0.3 is 0 Å². The second-order valence-electron chi connectivity index (χ2n) is 5.92. The number of thiol groups is 1. The molecule has 0 radical (unpaired) electrons. The van der Waals surface area contributed by atoms with Crippen LogP contribution < -0.4 is 0 Å². The summed E-state index contributed by atoms with van der Waals surface area (Å²) < 4.78 is 5.87. The number of hydrogen-bond acceptors (Lipinski definition) is 7. The molecule has 0 amide bonds. The van der Waals surface area contributed by atoms with Gasteiger partial charge < -0.3 is 20.1 Å². The summed E-state index contributed by atoms with van der Waals surface area (Å²) in [6.45, 7) is -0.237. The van der Waals surface area contributed by atoms with Crippen molar-refractivity contribution in [1.29, 1.82) is 5.26 Å². The highest BCUT2D eigenvalue weighted by atomic mass is 33.1. The Bertz CT molecular complexity index is 780. The molecule has 1 fully saturated rings. The smallest absolute Gasteiger partial charge is 0.177 e. The van der Waals surface area contributed by atoms with E-state index in [-0.39, 0.29) is 6.61 Å². The van der Waals surface area contributed by atoms with Crippen LogP contribution in [0.5, 0.6) is 0 Å². The number of hydrogen-bond donors (Lipinski definition) is 4.